The van der Waals surface area contributed by atoms with Crippen LogP contribution in [0.5, 0.6) is 0 Å². The lowest BCUT2D eigenvalue weighted by Crippen LogP contribution is -2.59. The van der Waals surface area contributed by atoms with Crippen molar-refractivity contribution in [2.75, 3.05) is 78.9 Å². The molecule has 0 spiro atoms. The number of urea groups is 1. The van der Waals surface area contributed by atoms with Gasteiger partial charge in [-0.2, -0.15) is 5.26 Å². The second-order valence-electron chi connectivity index (χ2n) is 17.3. The van der Waals surface area contributed by atoms with Crippen LogP contribution in [0.1, 0.15) is 65.8 Å². The second kappa shape index (κ2) is 16.9. The highest BCUT2D eigenvalue weighted by atomic mass is 19.1. The molecule has 3 aromatic carbocycles. The van der Waals surface area contributed by atoms with Crippen molar-refractivity contribution in [3.05, 3.63) is 89.1 Å². The number of piperidine rings is 2. The van der Waals surface area contributed by atoms with Gasteiger partial charge in [0.2, 0.25) is 11.8 Å². The molecular formula is C46H48F2N10O5. The maximum atomic E-state index is 15.7. The molecular weight excluding hydrogens is 811 g/mol. The predicted octanol–water partition coefficient (Wildman–Crippen LogP) is 4.96. The summed E-state index contributed by atoms with van der Waals surface area (Å²) in [5.74, 6) is -3.21. The number of pyridine rings is 1. The molecule has 6 heterocycles. The number of imide groups is 2. The number of benzene rings is 3. The van der Waals surface area contributed by atoms with Gasteiger partial charge >= 0.3 is 6.03 Å². The summed E-state index contributed by atoms with van der Waals surface area (Å²) in [5, 5.41) is 15.6. The molecule has 5 aliphatic rings. The summed E-state index contributed by atoms with van der Waals surface area (Å²) in [4.78, 5) is 79.7. The number of rotatable bonds is 7. The number of hydrogen-bond donors (Lipinski definition) is 2. The van der Waals surface area contributed by atoms with Crippen molar-refractivity contribution in [1.82, 2.24) is 25.0 Å². The van der Waals surface area contributed by atoms with Crippen LogP contribution in [0.4, 0.5) is 36.3 Å². The normalized spacial score (nSPS) is 22.4. The highest BCUT2D eigenvalue weighted by molar-refractivity contribution is 6.23. The number of nitrogens with zero attached hydrogens (tertiary/aromatic N) is 8. The molecule has 17 heteroatoms. The number of amides is 6. The number of carbonyl (C=O) groups is 5. The van der Waals surface area contributed by atoms with Crippen LogP contribution in [-0.2, 0) is 9.59 Å². The highest BCUT2D eigenvalue weighted by Crippen LogP contribution is 2.35. The summed E-state index contributed by atoms with van der Waals surface area (Å²) >= 11 is 0. The molecule has 4 aromatic rings. The highest BCUT2D eigenvalue weighted by Gasteiger charge is 2.45. The third-order valence-electron chi connectivity index (χ3n) is 13.3. The van der Waals surface area contributed by atoms with E-state index in [1.54, 1.807) is 29.3 Å². The number of anilines is 4. The van der Waals surface area contributed by atoms with Crippen molar-refractivity contribution >= 4 is 63.3 Å². The molecule has 0 aliphatic carbocycles. The summed E-state index contributed by atoms with van der Waals surface area (Å²) in [6.07, 6.45) is 3.45. The molecule has 63 heavy (non-hydrogen) atoms. The lowest BCUT2D eigenvalue weighted by molar-refractivity contribution is -0.136. The van der Waals surface area contributed by atoms with E-state index in [0.29, 0.717) is 80.7 Å². The maximum Gasteiger partial charge on any atom is 0.322 e. The van der Waals surface area contributed by atoms with Crippen molar-refractivity contribution < 1.29 is 32.8 Å². The Balaban J connectivity index is 0.750. The maximum absolute atomic E-state index is 15.7. The minimum absolute atomic E-state index is 0.00239. The number of piperazine rings is 2. The zero-order valence-electron chi connectivity index (χ0n) is 35.2. The van der Waals surface area contributed by atoms with E-state index in [2.05, 4.69) is 38.4 Å². The molecule has 4 saturated heterocycles. The molecule has 2 N–H and O–H groups in total. The molecule has 1 unspecified atom stereocenters. The van der Waals surface area contributed by atoms with E-state index < -0.39 is 41.3 Å². The van der Waals surface area contributed by atoms with Crippen LogP contribution in [0.3, 0.4) is 0 Å². The van der Waals surface area contributed by atoms with Crippen molar-refractivity contribution in [2.24, 2.45) is 5.92 Å². The monoisotopic (exact) mass is 858 g/mol. The number of nitriles is 1. The summed E-state index contributed by atoms with van der Waals surface area (Å²) < 4.78 is 31.1. The third-order valence-corrected chi connectivity index (χ3v) is 13.3. The topological polar surface area (TPSA) is 166 Å². The van der Waals surface area contributed by atoms with E-state index in [4.69, 9.17) is 0 Å². The summed E-state index contributed by atoms with van der Waals surface area (Å²) in [7, 11) is 0. The second-order valence-corrected chi connectivity index (χ2v) is 17.3. The van der Waals surface area contributed by atoms with Gasteiger partial charge in [0.1, 0.15) is 23.7 Å². The van der Waals surface area contributed by atoms with Gasteiger partial charge in [0.25, 0.3) is 11.8 Å². The van der Waals surface area contributed by atoms with Gasteiger partial charge in [0, 0.05) is 100 Å². The quantitative estimate of drug-likeness (QED) is 0.242. The molecule has 6 amide bonds. The Morgan fingerprint density at radius 3 is 2.24 bits per heavy atom. The lowest BCUT2D eigenvalue weighted by Gasteiger charge is -2.45. The van der Waals surface area contributed by atoms with Gasteiger partial charge in [-0.3, -0.25) is 39.3 Å². The van der Waals surface area contributed by atoms with Gasteiger partial charge in [-0.1, -0.05) is 0 Å². The summed E-state index contributed by atoms with van der Waals surface area (Å²) in [6.45, 7) is 9.66. The number of hydrogen-bond acceptors (Lipinski definition) is 11. The van der Waals surface area contributed by atoms with Crippen LogP contribution in [0.2, 0.25) is 0 Å². The van der Waals surface area contributed by atoms with E-state index in [1.165, 1.54) is 12.1 Å². The molecule has 326 valence electrons. The van der Waals surface area contributed by atoms with Gasteiger partial charge in [-0.05, 0) is 93.6 Å². The first kappa shape index (κ1) is 41.7. The number of fused-ring (bicyclic) bond motifs is 2. The number of aromatic nitrogens is 1. The first-order chi connectivity index (χ1) is 30.4. The van der Waals surface area contributed by atoms with Crippen molar-refractivity contribution in [3.63, 3.8) is 0 Å². The predicted molar refractivity (Wildman–Crippen MR) is 232 cm³/mol. The SMILES string of the molecule is C[C@@H]1CN(c2ccc(C#N)c3ncccc23)[C@@H](C)CN1C(=O)Nc1ccc(N2CCC(CN3CCN(c4cc5c(cc4F)C(=O)N(C4CCC(=O)NC4=O)C5=O)CC3)CC2)c(F)c1. The van der Waals surface area contributed by atoms with Crippen molar-refractivity contribution in [1.29, 1.82) is 5.26 Å². The Bertz CT molecular complexity index is 2570. The fourth-order valence-electron chi connectivity index (χ4n) is 9.89. The molecule has 5 aliphatic heterocycles. The Kier molecular flexibility index (Phi) is 11.2. The minimum atomic E-state index is -1.12. The smallest absolute Gasteiger partial charge is 0.322 e. The Morgan fingerprint density at radius 1 is 0.825 bits per heavy atom. The van der Waals surface area contributed by atoms with Crippen molar-refractivity contribution in [3.8, 4) is 6.07 Å². The fourth-order valence-corrected chi connectivity index (χ4v) is 9.89. The first-order valence-corrected chi connectivity index (χ1v) is 21.6. The standard InChI is InChI=1S/C46H48F2N10O5/c1-27-25-57(28(2)24-56(27)37-7-5-30(23-49)42-32(37)4-3-13-50-42)46(63)51-31-6-8-38(35(47)20-31)54-14-11-29(12-15-54)26-53-16-18-55(19-17-53)40-22-34-33(21-36(40)48)44(61)58(45(34)62)39-9-10-41(59)52-43(39)60/h3-8,13,20-22,27-29,39H,9-12,14-19,24-26H2,1-2H3,(H,51,63)(H,52,59,60)/t27-,28+,39?/m0/s1. The van der Waals surface area contributed by atoms with E-state index in [1.807, 2.05) is 34.9 Å². The van der Waals surface area contributed by atoms with E-state index >= 15 is 8.78 Å². The molecule has 4 fully saturated rings. The summed E-state index contributed by atoms with van der Waals surface area (Å²) in [5.41, 5.74) is 3.21. The van der Waals surface area contributed by atoms with Gasteiger partial charge < -0.3 is 24.9 Å². The Hall–Kier alpha value is -6.67. The largest absolute Gasteiger partial charge is 0.369 e. The fraction of sp³-hybridized carbons (Fsp3) is 0.413. The van der Waals surface area contributed by atoms with Gasteiger partial charge in [-0.25, -0.2) is 13.6 Å². The van der Waals surface area contributed by atoms with Gasteiger partial charge in [0.05, 0.1) is 33.6 Å². The molecule has 0 bridgehead atoms. The molecule has 3 atom stereocenters. The van der Waals surface area contributed by atoms with Crippen LogP contribution in [0, 0.1) is 28.9 Å². The number of carbonyl (C=O) groups excluding carboxylic acids is 5. The van der Waals surface area contributed by atoms with E-state index in [9.17, 15) is 29.2 Å². The molecule has 0 radical (unpaired) electrons. The molecule has 9 rings (SSSR count). The van der Waals surface area contributed by atoms with Gasteiger partial charge in [-0.15, -0.1) is 0 Å². The average Bonchev–Trinajstić information content (AvgIpc) is 3.51. The Labute approximate surface area is 363 Å². The average molecular weight is 859 g/mol. The van der Waals surface area contributed by atoms with Crippen LogP contribution in [-0.4, -0.2) is 126 Å². The van der Waals surface area contributed by atoms with Crippen LogP contribution in [0.25, 0.3) is 10.9 Å². The molecule has 1 aromatic heterocycles. The first-order valence-electron chi connectivity index (χ1n) is 21.6. The molecule has 15 nitrogen and oxygen atoms in total. The lowest BCUT2D eigenvalue weighted by atomic mass is 9.95. The van der Waals surface area contributed by atoms with Crippen molar-refractivity contribution in [2.45, 2.75) is 57.7 Å². The third kappa shape index (κ3) is 7.88. The summed E-state index contributed by atoms with van der Waals surface area (Å²) in [6, 6.07) is 15.5. The zero-order chi connectivity index (χ0) is 44.1. The van der Waals surface area contributed by atoms with E-state index in [0.717, 1.165) is 41.4 Å². The molecule has 0 saturated carbocycles. The van der Waals surface area contributed by atoms with Crippen LogP contribution < -0.4 is 25.3 Å². The van der Waals surface area contributed by atoms with E-state index in [-0.39, 0.29) is 47.8 Å². The van der Waals surface area contributed by atoms with Crippen LogP contribution >= 0.6 is 0 Å². The number of halogens is 2. The van der Waals surface area contributed by atoms with Crippen LogP contribution in [0.15, 0.2) is 60.8 Å². The van der Waals surface area contributed by atoms with Gasteiger partial charge in [0.15, 0.2) is 0 Å². The zero-order valence-corrected chi connectivity index (χ0v) is 35.2. The Morgan fingerprint density at radius 2 is 1.52 bits per heavy atom. The number of nitrogens with one attached hydrogen (secondary N) is 2. The minimum Gasteiger partial charge on any atom is -0.369 e.